The second kappa shape index (κ2) is 16.6. The van der Waals surface area contributed by atoms with Gasteiger partial charge in [0, 0.05) is 0 Å². The summed E-state index contributed by atoms with van der Waals surface area (Å²) in [6.45, 7) is 8.01. The van der Waals surface area contributed by atoms with Crippen molar-refractivity contribution >= 4 is 0 Å². The Morgan fingerprint density at radius 3 is 1.51 bits per heavy atom. The zero-order chi connectivity index (χ0) is 28.0. The Morgan fingerprint density at radius 1 is 0.622 bits per heavy atom. The molecule has 1 rings (SSSR count). The molecule has 10 heteroatoms. The van der Waals surface area contributed by atoms with Crippen LogP contribution in [0, 0.1) is 0 Å². The standard InChI is InChI=1S/C27H42F6O4/c1-5-9-10-11-12-13-14-15-24(37-27(34-6-2,35-7-3)36-8-4)17-16-21-18-22(25(28,29)30)20-23(19-21)26(31,32)33/h18-20,24H,5-17H2,1-4H3. The Hall–Kier alpha value is -1.36. The number of hydrogen-bond donors (Lipinski definition) is 0. The van der Waals surface area contributed by atoms with Gasteiger partial charge in [0.05, 0.1) is 37.1 Å². The molecule has 0 spiro atoms. The Kier molecular flexibility index (Phi) is 15.1. The summed E-state index contributed by atoms with van der Waals surface area (Å²) in [7, 11) is 0. The molecule has 1 aromatic rings. The fourth-order valence-electron chi connectivity index (χ4n) is 4.04. The van der Waals surface area contributed by atoms with Gasteiger partial charge in [0.15, 0.2) is 0 Å². The van der Waals surface area contributed by atoms with Crippen molar-refractivity contribution in [2.75, 3.05) is 19.8 Å². The van der Waals surface area contributed by atoms with Gasteiger partial charge in [0.2, 0.25) is 0 Å². The molecule has 0 radical (unpaired) electrons. The van der Waals surface area contributed by atoms with Crippen LogP contribution in [0.25, 0.3) is 0 Å². The number of benzene rings is 1. The molecule has 0 aromatic heterocycles. The summed E-state index contributed by atoms with van der Waals surface area (Å²) in [6, 6.07) is 1.67. The molecule has 1 atom stereocenters. The van der Waals surface area contributed by atoms with Gasteiger partial charge in [-0.25, -0.2) is 0 Å². The van der Waals surface area contributed by atoms with Gasteiger partial charge in [-0.3, -0.25) is 4.74 Å². The van der Waals surface area contributed by atoms with Gasteiger partial charge in [-0.05, 0) is 63.8 Å². The molecule has 0 aliphatic carbocycles. The molecule has 0 saturated carbocycles. The van der Waals surface area contributed by atoms with Crippen molar-refractivity contribution in [3.8, 4) is 0 Å². The monoisotopic (exact) mass is 544 g/mol. The molecule has 0 N–H and O–H groups in total. The third-order valence-electron chi connectivity index (χ3n) is 5.81. The molecule has 4 nitrogen and oxygen atoms in total. The highest BCUT2D eigenvalue weighted by Gasteiger charge is 2.39. The molecular formula is C27H42F6O4. The smallest absolute Gasteiger partial charge is 0.304 e. The molecule has 0 aliphatic heterocycles. The van der Waals surface area contributed by atoms with E-state index in [0.29, 0.717) is 6.42 Å². The van der Waals surface area contributed by atoms with Crippen LogP contribution in [-0.2, 0) is 37.7 Å². The SMILES string of the molecule is CCCCCCCCCC(CCc1cc(C(F)(F)F)cc(C(F)(F)F)c1)OC(OCC)(OCC)OCC. The van der Waals surface area contributed by atoms with E-state index in [1.807, 2.05) is 0 Å². The molecule has 37 heavy (non-hydrogen) atoms. The minimum absolute atomic E-state index is 0.0470. The van der Waals surface area contributed by atoms with E-state index in [1.54, 1.807) is 20.8 Å². The van der Waals surface area contributed by atoms with Gasteiger partial charge >= 0.3 is 18.5 Å². The molecule has 0 bridgehead atoms. The molecule has 0 fully saturated rings. The van der Waals surface area contributed by atoms with Crippen LogP contribution in [0.3, 0.4) is 0 Å². The third kappa shape index (κ3) is 12.8. The van der Waals surface area contributed by atoms with Crippen LogP contribution in [0.5, 0.6) is 0 Å². The summed E-state index contributed by atoms with van der Waals surface area (Å²) < 4.78 is 103. The van der Waals surface area contributed by atoms with Crippen molar-refractivity contribution < 1.29 is 45.3 Å². The van der Waals surface area contributed by atoms with Crippen LogP contribution in [-0.4, -0.2) is 32.1 Å². The highest BCUT2D eigenvalue weighted by Crippen LogP contribution is 2.37. The maximum Gasteiger partial charge on any atom is 0.416 e. The van der Waals surface area contributed by atoms with Gasteiger partial charge in [0.25, 0.3) is 0 Å². The fourth-order valence-corrected chi connectivity index (χ4v) is 4.04. The first-order valence-electron chi connectivity index (χ1n) is 13.3. The summed E-state index contributed by atoms with van der Waals surface area (Å²) >= 11 is 0. The first kappa shape index (κ1) is 33.7. The van der Waals surface area contributed by atoms with E-state index in [0.717, 1.165) is 50.7 Å². The highest BCUT2D eigenvalue weighted by molar-refractivity contribution is 5.33. The zero-order valence-corrected chi connectivity index (χ0v) is 22.4. The van der Waals surface area contributed by atoms with Crippen LogP contribution in [0.2, 0.25) is 0 Å². The molecule has 0 amide bonds. The fraction of sp³-hybridized carbons (Fsp3) is 0.778. The van der Waals surface area contributed by atoms with Gasteiger partial charge in [0.1, 0.15) is 0 Å². The number of rotatable bonds is 19. The van der Waals surface area contributed by atoms with Gasteiger partial charge < -0.3 is 14.2 Å². The van der Waals surface area contributed by atoms with E-state index in [-0.39, 0.29) is 44.3 Å². The summed E-state index contributed by atoms with van der Waals surface area (Å²) in [5.74, 6) is 0. The van der Waals surface area contributed by atoms with Crippen molar-refractivity contribution in [2.45, 2.75) is 117 Å². The van der Waals surface area contributed by atoms with Crippen LogP contribution in [0.4, 0.5) is 26.3 Å². The molecule has 0 heterocycles. The third-order valence-corrected chi connectivity index (χ3v) is 5.81. The molecule has 1 aromatic carbocycles. The van der Waals surface area contributed by atoms with Gasteiger partial charge in [-0.2, -0.15) is 26.3 Å². The van der Waals surface area contributed by atoms with E-state index in [2.05, 4.69) is 6.92 Å². The lowest BCUT2D eigenvalue weighted by molar-refractivity contribution is -0.506. The van der Waals surface area contributed by atoms with Crippen molar-refractivity contribution in [1.29, 1.82) is 0 Å². The second-order valence-corrected chi connectivity index (χ2v) is 8.90. The minimum atomic E-state index is -4.89. The van der Waals surface area contributed by atoms with Crippen molar-refractivity contribution in [2.24, 2.45) is 0 Å². The molecule has 216 valence electrons. The Morgan fingerprint density at radius 2 is 1.08 bits per heavy atom. The second-order valence-electron chi connectivity index (χ2n) is 8.90. The summed E-state index contributed by atoms with van der Waals surface area (Å²) in [5, 5.41) is 0. The summed E-state index contributed by atoms with van der Waals surface area (Å²) in [4.78, 5) is 0. The lowest BCUT2D eigenvalue weighted by Crippen LogP contribution is -2.45. The van der Waals surface area contributed by atoms with Crippen LogP contribution in [0.15, 0.2) is 18.2 Å². The lowest BCUT2D eigenvalue weighted by atomic mass is 9.98. The Labute approximate surface area is 217 Å². The van der Waals surface area contributed by atoms with Crippen molar-refractivity contribution in [3.63, 3.8) is 0 Å². The van der Waals surface area contributed by atoms with E-state index in [1.165, 1.54) is 6.42 Å². The highest BCUT2D eigenvalue weighted by atomic mass is 19.4. The Bertz CT molecular complexity index is 702. The number of aryl methyl sites for hydroxylation is 1. The number of hydrogen-bond acceptors (Lipinski definition) is 4. The quantitative estimate of drug-likeness (QED) is 0.0990. The lowest BCUT2D eigenvalue weighted by Gasteiger charge is -2.34. The van der Waals surface area contributed by atoms with Crippen LogP contribution < -0.4 is 0 Å². The van der Waals surface area contributed by atoms with Crippen LogP contribution >= 0.6 is 0 Å². The molecule has 0 aliphatic rings. The van der Waals surface area contributed by atoms with Crippen molar-refractivity contribution in [1.82, 2.24) is 0 Å². The van der Waals surface area contributed by atoms with Gasteiger partial charge in [-0.15, -0.1) is 0 Å². The predicted octanol–water partition coefficient (Wildman–Crippen LogP) is 8.90. The first-order valence-corrected chi connectivity index (χ1v) is 13.3. The number of alkyl halides is 6. The average Bonchev–Trinajstić information content (AvgIpc) is 2.81. The topological polar surface area (TPSA) is 36.9 Å². The Balaban J connectivity index is 3.08. The van der Waals surface area contributed by atoms with E-state index >= 15 is 0 Å². The van der Waals surface area contributed by atoms with E-state index < -0.39 is 35.7 Å². The first-order chi connectivity index (χ1) is 17.4. The number of halogens is 6. The van der Waals surface area contributed by atoms with Crippen molar-refractivity contribution in [3.05, 3.63) is 34.9 Å². The number of ether oxygens (including phenoxy) is 4. The van der Waals surface area contributed by atoms with E-state index in [4.69, 9.17) is 18.9 Å². The largest absolute Gasteiger partial charge is 0.416 e. The summed E-state index contributed by atoms with van der Waals surface area (Å²) in [5.41, 5.74) is -2.71. The average molecular weight is 545 g/mol. The molecule has 0 saturated heterocycles. The normalized spacial score (nSPS) is 13.8. The minimum Gasteiger partial charge on any atom is -0.304 e. The predicted molar refractivity (Wildman–Crippen MR) is 130 cm³/mol. The molecular weight excluding hydrogens is 502 g/mol. The van der Waals surface area contributed by atoms with Gasteiger partial charge in [-0.1, -0.05) is 51.9 Å². The maximum absolute atomic E-state index is 13.3. The zero-order valence-electron chi connectivity index (χ0n) is 22.4. The van der Waals surface area contributed by atoms with Crippen LogP contribution in [0.1, 0.15) is 102 Å². The number of unbranched alkanes of at least 4 members (excludes halogenated alkanes) is 6. The maximum atomic E-state index is 13.3. The van der Waals surface area contributed by atoms with E-state index in [9.17, 15) is 26.3 Å². The summed E-state index contributed by atoms with van der Waals surface area (Å²) in [6.07, 6.45) is -4.09. The molecule has 1 unspecified atom stereocenters.